The first-order valence-electron chi connectivity index (χ1n) is 8.63. The molecule has 0 aliphatic carbocycles. The number of benzene rings is 2. The van der Waals surface area contributed by atoms with Crippen LogP contribution in [0.3, 0.4) is 0 Å². The van der Waals surface area contributed by atoms with E-state index in [0.29, 0.717) is 12.1 Å². The predicted molar refractivity (Wildman–Crippen MR) is 112 cm³/mol. The standard InChI is InChI=1S/C21H16N4OS2/c22-12-17-4-1-2-6-19(17)16-9-7-15(8-10-16)14-27-21-25-24-20(28-21)23-13-18-5-3-11-26-18/h1-11H,13-14H2,(H,23,24). The van der Waals surface area contributed by atoms with E-state index in [1.165, 1.54) is 16.9 Å². The second-order valence-electron chi connectivity index (χ2n) is 5.95. The Labute approximate surface area is 171 Å². The second kappa shape index (κ2) is 8.74. The van der Waals surface area contributed by atoms with E-state index in [2.05, 4.69) is 45.8 Å². The van der Waals surface area contributed by atoms with Crippen LogP contribution in [-0.4, -0.2) is 10.2 Å². The predicted octanol–water partition coefficient (Wildman–Crippen LogP) is 5.57. The third-order valence-electron chi connectivity index (χ3n) is 4.08. The summed E-state index contributed by atoms with van der Waals surface area (Å²) in [5.74, 6) is 1.68. The van der Waals surface area contributed by atoms with Gasteiger partial charge in [-0.15, -0.1) is 10.2 Å². The smallest absolute Gasteiger partial charge is 0.206 e. The van der Waals surface area contributed by atoms with Crippen molar-refractivity contribution in [3.63, 3.8) is 0 Å². The number of nitrogens with zero attached hydrogens (tertiary/aromatic N) is 3. The fourth-order valence-electron chi connectivity index (χ4n) is 2.67. The number of nitrogens with one attached hydrogen (secondary N) is 1. The highest BCUT2D eigenvalue weighted by Crippen LogP contribution is 2.30. The molecule has 28 heavy (non-hydrogen) atoms. The molecule has 0 bridgehead atoms. The molecule has 0 spiro atoms. The van der Waals surface area contributed by atoms with Gasteiger partial charge in [0, 0.05) is 5.75 Å². The van der Waals surface area contributed by atoms with Gasteiger partial charge in [-0.05, 0) is 34.9 Å². The van der Waals surface area contributed by atoms with Gasteiger partial charge in [0.15, 0.2) is 4.34 Å². The summed E-state index contributed by atoms with van der Waals surface area (Å²) in [6.45, 7) is 0.595. The fraction of sp³-hybridized carbons (Fsp3) is 0.0952. The molecule has 0 radical (unpaired) electrons. The van der Waals surface area contributed by atoms with Crippen molar-refractivity contribution in [1.29, 1.82) is 5.26 Å². The van der Waals surface area contributed by atoms with E-state index in [0.717, 1.165) is 32.1 Å². The second-order valence-corrected chi connectivity index (χ2v) is 8.15. The number of aromatic nitrogens is 2. The number of furan rings is 1. The minimum Gasteiger partial charge on any atom is -0.467 e. The van der Waals surface area contributed by atoms with Crippen molar-refractivity contribution in [2.45, 2.75) is 16.6 Å². The van der Waals surface area contributed by atoms with Crippen LogP contribution < -0.4 is 5.32 Å². The number of hydrogen-bond donors (Lipinski definition) is 1. The zero-order valence-electron chi connectivity index (χ0n) is 14.8. The largest absolute Gasteiger partial charge is 0.467 e. The van der Waals surface area contributed by atoms with Gasteiger partial charge >= 0.3 is 0 Å². The number of hydrogen-bond acceptors (Lipinski definition) is 7. The SMILES string of the molecule is N#Cc1ccccc1-c1ccc(CSc2nnc(NCc3ccco3)s2)cc1. The van der Waals surface area contributed by atoms with Crippen LogP contribution >= 0.6 is 23.1 Å². The lowest BCUT2D eigenvalue weighted by molar-refractivity contribution is 0.518. The summed E-state index contributed by atoms with van der Waals surface area (Å²) in [7, 11) is 0. The van der Waals surface area contributed by atoms with Crippen molar-refractivity contribution in [1.82, 2.24) is 10.2 Å². The molecule has 7 heteroatoms. The average molecular weight is 405 g/mol. The van der Waals surface area contributed by atoms with Crippen LogP contribution in [0, 0.1) is 11.3 Å². The normalized spacial score (nSPS) is 10.5. The Morgan fingerprint density at radius 1 is 1.04 bits per heavy atom. The van der Waals surface area contributed by atoms with Gasteiger partial charge in [-0.25, -0.2) is 0 Å². The highest BCUT2D eigenvalue weighted by Gasteiger charge is 2.07. The lowest BCUT2D eigenvalue weighted by Crippen LogP contribution is -1.96. The molecule has 2 heterocycles. The van der Waals surface area contributed by atoms with Crippen molar-refractivity contribution < 1.29 is 4.42 Å². The zero-order chi connectivity index (χ0) is 19.2. The first-order valence-corrected chi connectivity index (χ1v) is 10.4. The van der Waals surface area contributed by atoms with Crippen molar-refractivity contribution in [2.24, 2.45) is 0 Å². The molecular formula is C21H16N4OS2. The number of nitriles is 1. The van der Waals surface area contributed by atoms with Gasteiger partial charge < -0.3 is 9.73 Å². The molecule has 0 aliphatic heterocycles. The van der Waals surface area contributed by atoms with Crippen LogP contribution in [0.4, 0.5) is 5.13 Å². The Kier molecular flexibility index (Phi) is 5.71. The van der Waals surface area contributed by atoms with Gasteiger partial charge in [0.05, 0.1) is 24.4 Å². The molecule has 2 aromatic carbocycles. The molecule has 5 nitrogen and oxygen atoms in total. The van der Waals surface area contributed by atoms with E-state index in [1.54, 1.807) is 18.0 Å². The highest BCUT2D eigenvalue weighted by atomic mass is 32.2. The van der Waals surface area contributed by atoms with Crippen LogP contribution in [0.25, 0.3) is 11.1 Å². The van der Waals surface area contributed by atoms with Crippen molar-refractivity contribution in [2.75, 3.05) is 5.32 Å². The Morgan fingerprint density at radius 3 is 2.68 bits per heavy atom. The van der Waals surface area contributed by atoms with E-state index in [-0.39, 0.29) is 0 Å². The maximum atomic E-state index is 9.26. The van der Waals surface area contributed by atoms with Gasteiger partial charge in [0.25, 0.3) is 0 Å². The molecular weight excluding hydrogens is 388 g/mol. The molecule has 0 atom stereocenters. The lowest BCUT2D eigenvalue weighted by atomic mass is 10.00. The molecule has 0 fully saturated rings. The molecule has 0 unspecified atom stereocenters. The first-order chi connectivity index (χ1) is 13.8. The summed E-state index contributed by atoms with van der Waals surface area (Å²) in [6.07, 6.45) is 1.66. The minimum atomic E-state index is 0.595. The van der Waals surface area contributed by atoms with Crippen molar-refractivity contribution in [3.05, 3.63) is 83.8 Å². The summed E-state index contributed by atoms with van der Waals surface area (Å²) in [5, 5.41) is 21.6. The molecule has 138 valence electrons. The fourth-order valence-corrected chi connectivity index (χ4v) is 4.38. The van der Waals surface area contributed by atoms with Crippen LogP contribution in [0.5, 0.6) is 0 Å². The lowest BCUT2D eigenvalue weighted by Gasteiger charge is -2.05. The molecule has 2 aromatic heterocycles. The molecule has 1 N–H and O–H groups in total. The van der Waals surface area contributed by atoms with Gasteiger partial charge in [0.1, 0.15) is 5.76 Å². The van der Waals surface area contributed by atoms with Crippen LogP contribution in [0.15, 0.2) is 75.7 Å². The summed E-state index contributed by atoms with van der Waals surface area (Å²) < 4.78 is 6.21. The number of anilines is 1. The maximum absolute atomic E-state index is 9.26. The third-order valence-corrected chi connectivity index (χ3v) is 6.16. The summed E-state index contributed by atoms with van der Waals surface area (Å²) in [5.41, 5.74) is 3.89. The Balaban J connectivity index is 1.35. The quantitative estimate of drug-likeness (QED) is 0.406. The third kappa shape index (κ3) is 4.42. The molecule has 0 amide bonds. The summed E-state index contributed by atoms with van der Waals surface area (Å²) in [6, 6.07) is 22.0. The van der Waals surface area contributed by atoms with Crippen LogP contribution in [-0.2, 0) is 12.3 Å². The monoisotopic (exact) mass is 404 g/mol. The number of thioether (sulfide) groups is 1. The van der Waals surface area contributed by atoms with Crippen LogP contribution in [0.2, 0.25) is 0 Å². The molecule has 0 saturated carbocycles. The van der Waals surface area contributed by atoms with Crippen LogP contribution in [0.1, 0.15) is 16.9 Å². The Morgan fingerprint density at radius 2 is 1.89 bits per heavy atom. The minimum absolute atomic E-state index is 0.595. The van der Waals surface area contributed by atoms with Crippen molar-refractivity contribution in [3.8, 4) is 17.2 Å². The Hall–Kier alpha value is -3.08. The summed E-state index contributed by atoms with van der Waals surface area (Å²) in [4.78, 5) is 0. The molecule has 4 rings (SSSR count). The molecule has 4 aromatic rings. The van der Waals surface area contributed by atoms with Gasteiger partial charge in [0.2, 0.25) is 5.13 Å². The van der Waals surface area contributed by atoms with E-state index in [1.807, 2.05) is 36.4 Å². The Bertz CT molecular complexity index is 1080. The van der Waals surface area contributed by atoms with Gasteiger partial charge in [-0.1, -0.05) is 65.6 Å². The van der Waals surface area contributed by atoms with E-state index >= 15 is 0 Å². The zero-order valence-corrected chi connectivity index (χ0v) is 16.5. The topological polar surface area (TPSA) is 74.7 Å². The highest BCUT2D eigenvalue weighted by molar-refractivity contribution is 8.00. The summed E-state index contributed by atoms with van der Waals surface area (Å²) >= 11 is 3.19. The first kappa shape index (κ1) is 18.3. The van der Waals surface area contributed by atoms with E-state index in [4.69, 9.17) is 4.42 Å². The molecule has 0 saturated heterocycles. The van der Waals surface area contributed by atoms with Gasteiger partial charge in [-0.2, -0.15) is 5.26 Å². The maximum Gasteiger partial charge on any atom is 0.206 e. The number of rotatable bonds is 7. The molecule has 0 aliphatic rings. The van der Waals surface area contributed by atoms with E-state index < -0.39 is 0 Å². The van der Waals surface area contributed by atoms with Crippen molar-refractivity contribution >= 4 is 28.2 Å². The van der Waals surface area contributed by atoms with Gasteiger partial charge in [-0.3, -0.25) is 0 Å². The average Bonchev–Trinajstić information content (AvgIpc) is 3.43. The van der Waals surface area contributed by atoms with E-state index in [9.17, 15) is 5.26 Å².